The van der Waals surface area contributed by atoms with Crippen LogP contribution in [0.5, 0.6) is 0 Å². The van der Waals surface area contributed by atoms with E-state index in [-0.39, 0.29) is 5.41 Å². The number of hydrogen-bond donors (Lipinski definition) is 1. The highest BCUT2D eigenvalue weighted by Crippen LogP contribution is 2.29. The highest BCUT2D eigenvalue weighted by atomic mass is 32.2. The lowest BCUT2D eigenvalue weighted by Crippen LogP contribution is -2.24. The van der Waals surface area contributed by atoms with Crippen molar-refractivity contribution in [1.29, 1.82) is 0 Å². The van der Waals surface area contributed by atoms with Gasteiger partial charge in [-0.15, -0.1) is 10.2 Å². The summed E-state index contributed by atoms with van der Waals surface area (Å²) in [6, 6.07) is 5.11. The van der Waals surface area contributed by atoms with Crippen LogP contribution in [0.4, 0.5) is 8.78 Å². The number of hydrogen-bond acceptors (Lipinski definition) is 6. The molecule has 2 N–H and O–H groups in total. The van der Waals surface area contributed by atoms with E-state index in [4.69, 9.17) is 5.84 Å². The van der Waals surface area contributed by atoms with Crippen LogP contribution in [0.2, 0.25) is 0 Å². The SMILES string of the molecule is CC(C)(C)c1nnc(Sc2ccc(S(=O)(=O)C(F)F)cc2)n1N. The highest BCUT2D eigenvalue weighted by Gasteiger charge is 2.26. The maximum Gasteiger partial charge on any atom is 0.341 e. The molecule has 0 saturated carbocycles. The first kappa shape index (κ1) is 17.7. The Morgan fingerprint density at radius 3 is 2.17 bits per heavy atom. The summed E-state index contributed by atoms with van der Waals surface area (Å²) < 4.78 is 49.1. The van der Waals surface area contributed by atoms with Crippen LogP contribution < -0.4 is 5.84 Å². The van der Waals surface area contributed by atoms with Gasteiger partial charge in [0.05, 0.1) is 4.90 Å². The third-order valence-electron chi connectivity index (χ3n) is 2.93. The minimum atomic E-state index is -4.59. The maximum atomic E-state index is 12.5. The second-order valence-electron chi connectivity index (χ2n) is 5.81. The largest absolute Gasteiger partial charge is 0.341 e. The fraction of sp³-hybridized carbons (Fsp3) is 0.385. The fourth-order valence-electron chi connectivity index (χ4n) is 1.76. The van der Waals surface area contributed by atoms with Crippen LogP contribution in [0.25, 0.3) is 0 Å². The molecule has 23 heavy (non-hydrogen) atoms. The van der Waals surface area contributed by atoms with Crippen molar-refractivity contribution in [3.63, 3.8) is 0 Å². The number of benzene rings is 1. The molecule has 0 saturated heterocycles. The van der Waals surface area contributed by atoms with Crippen LogP contribution in [0.15, 0.2) is 39.2 Å². The molecule has 2 aromatic rings. The van der Waals surface area contributed by atoms with Gasteiger partial charge in [0.1, 0.15) is 0 Å². The molecule has 6 nitrogen and oxygen atoms in total. The number of alkyl halides is 2. The van der Waals surface area contributed by atoms with Gasteiger partial charge >= 0.3 is 5.76 Å². The Labute approximate surface area is 137 Å². The molecule has 0 spiro atoms. The third kappa shape index (κ3) is 3.63. The molecule has 1 aromatic heterocycles. The molecule has 0 unspecified atom stereocenters. The van der Waals surface area contributed by atoms with Gasteiger partial charge in [-0.3, -0.25) is 0 Å². The van der Waals surface area contributed by atoms with Gasteiger partial charge in [0.2, 0.25) is 15.0 Å². The molecule has 2 rings (SSSR count). The van der Waals surface area contributed by atoms with Gasteiger partial charge in [0, 0.05) is 10.3 Å². The minimum Gasteiger partial charge on any atom is -0.336 e. The zero-order valence-electron chi connectivity index (χ0n) is 12.7. The quantitative estimate of drug-likeness (QED) is 0.840. The number of aromatic nitrogens is 3. The predicted octanol–water partition coefficient (Wildman–Crippen LogP) is 2.44. The molecule has 0 bridgehead atoms. The first-order chi connectivity index (χ1) is 10.5. The molecule has 0 radical (unpaired) electrons. The van der Waals surface area contributed by atoms with E-state index < -0.39 is 20.5 Å². The summed E-state index contributed by atoms with van der Waals surface area (Å²) in [6.45, 7) is 5.83. The van der Waals surface area contributed by atoms with Gasteiger partial charge in [-0.1, -0.05) is 20.8 Å². The molecular weight excluding hydrogens is 346 g/mol. The summed E-state index contributed by atoms with van der Waals surface area (Å²) in [5.41, 5.74) is -0.282. The lowest BCUT2D eigenvalue weighted by atomic mass is 9.96. The number of nitrogen functional groups attached to an aromatic ring is 1. The summed E-state index contributed by atoms with van der Waals surface area (Å²) in [5.74, 6) is 3.10. The van der Waals surface area contributed by atoms with Crippen LogP contribution in [0.1, 0.15) is 26.6 Å². The van der Waals surface area contributed by atoms with Crippen molar-refractivity contribution >= 4 is 21.6 Å². The number of rotatable bonds is 4. The minimum absolute atomic E-state index is 0.282. The fourth-order valence-corrected chi connectivity index (χ4v) is 3.23. The van der Waals surface area contributed by atoms with E-state index >= 15 is 0 Å². The number of nitrogens with two attached hydrogens (primary N) is 1. The van der Waals surface area contributed by atoms with Crippen LogP contribution >= 0.6 is 11.8 Å². The maximum absolute atomic E-state index is 12.5. The van der Waals surface area contributed by atoms with E-state index in [9.17, 15) is 17.2 Å². The normalized spacial score (nSPS) is 12.8. The lowest BCUT2D eigenvalue weighted by molar-refractivity contribution is 0.234. The number of sulfone groups is 1. The monoisotopic (exact) mass is 362 g/mol. The molecule has 1 heterocycles. The summed E-state index contributed by atoms with van der Waals surface area (Å²) in [4.78, 5) is 0.180. The topological polar surface area (TPSA) is 90.9 Å². The zero-order chi connectivity index (χ0) is 17.4. The van der Waals surface area contributed by atoms with Gasteiger partial charge in [-0.2, -0.15) is 8.78 Å². The van der Waals surface area contributed by atoms with Gasteiger partial charge in [-0.05, 0) is 36.0 Å². The summed E-state index contributed by atoms with van der Waals surface area (Å²) in [6.07, 6.45) is 0. The second-order valence-corrected chi connectivity index (χ2v) is 8.76. The van der Waals surface area contributed by atoms with E-state index in [0.29, 0.717) is 15.9 Å². The van der Waals surface area contributed by atoms with Crippen molar-refractivity contribution in [2.24, 2.45) is 0 Å². The first-order valence-electron chi connectivity index (χ1n) is 6.54. The Balaban J connectivity index is 2.25. The van der Waals surface area contributed by atoms with E-state index in [1.807, 2.05) is 20.8 Å². The Kier molecular flexibility index (Phi) is 4.67. The smallest absolute Gasteiger partial charge is 0.336 e. The lowest BCUT2D eigenvalue weighted by Gasteiger charge is -2.16. The molecule has 0 atom stereocenters. The van der Waals surface area contributed by atoms with Crippen LogP contribution in [0.3, 0.4) is 0 Å². The van der Waals surface area contributed by atoms with Gasteiger partial charge in [-0.25, -0.2) is 13.1 Å². The molecule has 0 aliphatic carbocycles. The predicted molar refractivity (Wildman–Crippen MR) is 82.6 cm³/mol. The average Bonchev–Trinajstić information content (AvgIpc) is 2.80. The standard InChI is InChI=1S/C13H16F2N4O2S2/c1-13(2,3)10-17-18-12(19(10)16)22-8-4-6-9(7-5-8)23(20,21)11(14)15/h4-7,11H,16H2,1-3H3. The summed E-state index contributed by atoms with van der Waals surface area (Å²) >= 11 is 1.16. The first-order valence-corrected chi connectivity index (χ1v) is 8.90. The molecular formula is C13H16F2N4O2S2. The van der Waals surface area contributed by atoms with E-state index in [0.717, 1.165) is 23.9 Å². The molecule has 0 fully saturated rings. The van der Waals surface area contributed by atoms with Crippen molar-refractivity contribution in [3.05, 3.63) is 30.1 Å². The van der Waals surface area contributed by atoms with Crippen molar-refractivity contribution in [2.45, 2.75) is 46.9 Å². The molecule has 1 aromatic carbocycles. The molecule has 126 valence electrons. The van der Waals surface area contributed by atoms with Gasteiger partial charge < -0.3 is 5.84 Å². The van der Waals surface area contributed by atoms with Crippen LogP contribution in [-0.4, -0.2) is 29.0 Å². The van der Waals surface area contributed by atoms with E-state index in [2.05, 4.69) is 10.2 Å². The molecule has 10 heteroatoms. The zero-order valence-corrected chi connectivity index (χ0v) is 14.3. The van der Waals surface area contributed by atoms with E-state index in [1.165, 1.54) is 16.8 Å². The van der Waals surface area contributed by atoms with Crippen molar-refractivity contribution in [2.75, 3.05) is 5.84 Å². The van der Waals surface area contributed by atoms with E-state index in [1.54, 1.807) is 0 Å². The highest BCUT2D eigenvalue weighted by molar-refractivity contribution is 7.99. The average molecular weight is 362 g/mol. The second kappa shape index (κ2) is 6.08. The summed E-state index contributed by atoms with van der Waals surface area (Å²) in [7, 11) is -4.59. The van der Waals surface area contributed by atoms with Crippen LogP contribution in [-0.2, 0) is 15.3 Å². The molecule has 0 amide bonds. The Morgan fingerprint density at radius 2 is 1.74 bits per heavy atom. The number of halogens is 2. The third-order valence-corrected chi connectivity index (χ3v) is 5.30. The van der Waals surface area contributed by atoms with Gasteiger partial charge in [0.25, 0.3) is 0 Å². The van der Waals surface area contributed by atoms with Gasteiger partial charge in [0.15, 0.2) is 5.82 Å². The summed E-state index contributed by atoms with van der Waals surface area (Å²) in [5, 5.41) is 8.44. The Morgan fingerprint density at radius 1 is 1.17 bits per heavy atom. The number of nitrogens with zero attached hydrogens (tertiary/aromatic N) is 3. The molecule has 0 aliphatic rings. The van der Waals surface area contributed by atoms with Crippen molar-refractivity contribution in [1.82, 2.24) is 14.9 Å². The molecule has 0 aliphatic heterocycles. The van der Waals surface area contributed by atoms with Crippen molar-refractivity contribution in [3.8, 4) is 0 Å². The van der Waals surface area contributed by atoms with Crippen LogP contribution in [0, 0.1) is 0 Å². The van der Waals surface area contributed by atoms with Crippen molar-refractivity contribution < 1.29 is 17.2 Å². The Bertz CT molecular complexity index is 796. The Hall–Kier alpha value is -1.68.